The highest BCUT2D eigenvalue weighted by molar-refractivity contribution is 5.79. The van der Waals surface area contributed by atoms with E-state index in [2.05, 4.69) is 5.10 Å². The quantitative estimate of drug-likeness (QED) is 0.623. The molecule has 1 amide bonds. The van der Waals surface area contributed by atoms with Crippen LogP contribution in [0.25, 0.3) is 5.69 Å². The average molecular weight is 401 g/mol. The molecule has 0 fully saturated rings. The lowest BCUT2D eigenvalue weighted by atomic mass is 10.0. The Morgan fingerprint density at radius 2 is 1.76 bits per heavy atom. The van der Waals surface area contributed by atoms with Crippen LogP contribution in [0.4, 0.5) is 13.2 Å². The lowest BCUT2D eigenvalue weighted by Crippen LogP contribution is -2.31. The fourth-order valence-corrected chi connectivity index (χ4v) is 3.28. The van der Waals surface area contributed by atoms with Gasteiger partial charge in [0.25, 0.3) is 0 Å². The maximum atomic E-state index is 14.1. The van der Waals surface area contributed by atoms with Gasteiger partial charge in [-0.25, -0.2) is 17.9 Å². The van der Waals surface area contributed by atoms with Crippen molar-refractivity contribution in [2.75, 3.05) is 7.05 Å². The minimum absolute atomic E-state index is 0.0661. The van der Waals surface area contributed by atoms with Crippen LogP contribution in [0.15, 0.2) is 42.5 Å². The highest BCUT2D eigenvalue weighted by Crippen LogP contribution is 2.24. The lowest BCUT2D eigenvalue weighted by molar-refractivity contribution is -0.131. The Morgan fingerprint density at radius 1 is 1.07 bits per heavy atom. The number of aryl methyl sites for hydroxylation is 1. The number of rotatable bonds is 5. The highest BCUT2D eigenvalue weighted by atomic mass is 19.2. The van der Waals surface area contributed by atoms with E-state index in [-0.39, 0.29) is 12.3 Å². The molecule has 1 atom stereocenters. The van der Waals surface area contributed by atoms with Gasteiger partial charge in [-0.15, -0.1) is 0 Å². The maximum Gasteiger partial charge on any atom is 0.227 e. The topological polar surface area (TPSA) is 38.1 Å². The summed E-state index contributed by atoms with van der Waals surface area (Å²) in [6.07, 6.45) is 0.0661. The van der Waals surface area contributed by atoms with Crippen LogP contribution >= 0.6 is 0 Å². The summed E-state index contributed by atoms with van der Waals surface area (Å²) in [6.45, 7) is 5.30. The summed E-state index contributed by atoms with van der Waals surface area (Å²) in [5.41, 5.74) is 2.83. The van der Waals surface area contributed by atoms with E-state index in [9.17, 15) is 18.0 Å². The number of amides is 1. The van der Waals surface area contributed by atoms with E-state index in [1.807, 2.05) is 0 Å². The molecule has 0 N–H and O–H groups in total. The van der Waals surface area contributed by atoms with E-state index in [1.165, 1.54) is 21.7 Å². The van der Waals surface area contributed by atoms with Gasteiger partial charge in [0.1, 0.15) is 11.5 Å². The van der Waals surface area contributed by atoms with Gasteiger partial charge in [0.2, 0.25) is 5.91 Å². The molecule has 1 aromatic heterocycles. The molecule has 0 aliphatic heterocycles. The molecule has 7 heteroatoms. The molecular weight excluding hydrogens is 379 g/mol. The summed E-state index contributed by atoms with van der Waals surface area (Å²) < 4.78 is 42.4. The molecule has 29 heavy (non-hydrogen) atoms. The van der Waals surface area contributed by atoms with Crippen molar-refractivity contribution in [3.05, 3.63) is 82.4 Å². The summed E-state index contributed by atoms with van der Waals surface area (Å²) >= 11 is 0. The number of carbonyl (C=O) groups excluding carboxylic acids is 1. The maximum absolute atomic E-state index is 14.1. The first-order valence-electron chi connectivity index (χ1n) is 9.21. The third-order valence-electron chi connectivity index (χ3n) is 5.25. The zero-order valence-corrected chi connectivity index (χ0v) is 16.7. The van der Waals surface area contributed by atoms with Gasteiger partial charge in [0.15, 0.2) is 11.6 Å². The minimum atomic E-state index is -0.951. The summed E-state index contributed by atoms with van der Waals surface area (Å²) in [6, 6.07) is 9.45. The number of nitrogens with zero attached hydrogens (tertiary/aromatic N) is 3. The van der Waals surface area contributed by atoms with Gasteiger partial charge in [-0.3, -0.25) is 4.79 Å². The number of hydrogen-bond acceptors (Lipinski definition) is 2. The van der Waals surface area contributed by atoms with Gasteiger partial charge in [-0.1, -0.05) is 18.2 Å². The molecule has 0 spiro atoms. The first kappa shape index (κ1) is 20.6. The van der Waals surface area contributed by atoms with Crippen LogP contribution in [0, 0.1) is 31.3 Å². The molecule has 0 saturated heterocycles. The van der Waals surface area contributed by atoms with Crippen LogP contribution in [0.1, 0.15) is 35.5 Å². The van der Waals surface area contributed by atoms with E-state index >= 15 is 0 Å². The Labute approximate surface area is 167 Å². The number of para-hydroxylation sites is 1. The van der Waals surface area contributed by atoms with Crippen molar-refractivity contribution < 1.29 is 18.0 Å². The van der Waals surface area contributed by atoms with Gasteiger partial charge in [0, 0.05) is 18.3 Å². The predicted molar refractivity (Wildman–Crippen MR) is 104 cm³/mol. The number of likely N-dealkylation sites (N-methyl/N-ethyl adjacent to an activating group) is 1. The molecule has 0 aliphatic carbocycles. The molecule has 3 aromatic rings. The third kappa shape index (κ3) is 4.04. The highest BCUT2D eigenvalue weighted by Gasteiger charge is 2.23. The molecule has 2 aromatic carbocycles. The van der Waals surface area contributed by atoms with Gasteiger partial charge in [-0.05, 0) is 50.6 Å². The monoisotopic (exact) mass is 401 g/mol. The molecule has 3 rings (SSSR count). The number of carbonyl (C=O) groups is 1. The Morgan fingerprint density at radius 3 is 2.41 bits per heavy atom. The number of benzene rings is 2. The smallest absolute Gasteiger partial charge is 0.227 e. The Bertz CT molecular complexity index is 1060. The van der Waals surface area contributed by atoms with Crippen LogP contribution in [-0.4, -0.2) is 27.6 Å². The fraction of sp³-hybridized carbons (Fsp3) is 0.273. The van der Waals surface area contributed by atoms with Crippen molar-refractivity contribution in [1.29, 1.82) is 0 Å². The van der Waals surface area contributed by atoms with E-state index < -0.39 is 23.5 Å². The first-order valence-corrected chi connectivity index (χ1v) is 9.21. The van der Waals surface area contributed by atoms with E-state index in [1.54, 1.807) is 46.0 Å². The summed E-state index contributed by atoms with van der Waals surface area (Å²) in [5.74, 6) is -2.49. The number of halogens is 3. The third-order valence-corrected chi connectivity index (χ3v) is 5.25. The second-order valence-electron chi connectivity index (χ2n) is 7.04. The molecule has 0 radical (unpaired) electrons. The molecule has 0 aliphatic rings. The molecule has 0 bridgehead atoms. The molecule has 4 nitrogen and oxygen atoms in total. The normalized spacial score (nSPS) is 12.1. The zero-order valence-electron chi connectivity index (χ0n) is 16.7. The van der Waals surface area contributed by atoms with Crippen molar-refractivity contribution in [3.63, 3.8) is 0 Å². The van der Waals surface area contributed by atoms with Crippen LogP contribution < -0.4 is 0 Å². The SMILES string of the molecule is Cc1nn(-c2ccccc2F)c(C)c1CC(=O)N(C)[C@H](C)c1ccc(F)c(F)c1. The van der Waals surface area contributed by atoms with Crippen molar-refractivity contribution in [2.45, 2.75) is 33.2 Å². The van der Waals surface area contributed by atoms with E-state index in [4.69, 9.17) is 0 Å². The van der Waals surface area contributed by atoms with Crippen LogP contribution in [0.3, 0.4) is 0 Å². The van der Waals surface area contributed by atoms with Crippen LogP contribution in [0.5, 0.6) is 0 Å². The summed E-state index contributed by atoms with van der Waals surface area (Å²) in [4.78, 5) is 14.3. The molecular formula is C22H22F3N3O. The second kappa shape index (κ2) is 8.11. The standard InChI is InChI=1S/C22H22F3N3O/c1-13-17(15(3)28(26-13)21-8-6-5-7-19(21)24)12-22(29)27(4)14(2)16-9-10-18(23)20(25)11-16/h5-11,14H,12H2,1-4H3/t14-/m1/s1. The Hall–Kier alpha value is -3.09. The summed E-state index contributed by atoms with van der Waals surface area (Å²) in [7, 11) is 1.61. The van der Waals surface area contributed by atoms with Gasteiger partial charge in [-0.2, -0.15) is 5.10 Å². The molecule has 152 valence electrons. The average Bonchev–Trinajstić information content (AvgIpc) is 2.97. The van der Waals surface area contributed by atoms with Crippen molar-refractivity contribution in [3.8, 4) is 5.69 Å². The van der Waals surface area contributed by atoms with E-state index in [0.717, 1.165) is 12.1 Å². The van der Waals surface area contributed by atoms with Gasteiger partial charge >= 0.3 is 0 Å². The first-order chi connectivity index (χ1) is 13.7. The second-order valence-corrected chi connectivity index (χ2v) is 7.04. The van der Waals surface area contributed by atoms with E-state index in [0.29, 0.717) is 28.2 Å². The van der Waals surface area contributed by atoms with Crippen molar-refractivity contribution >= 4 is 5.91 Å². The fourth-order valence-electron chi connectivity index (χ4n) is 3.28. The minimum Gasteiger partial charge on any atom is -0.339 e. The molecule has 1 heterocycles. The number of hydrogen-bond donors (Lipinski definition) is 0. The van der Waals surface area contributed by atoms with Crippen molar-refractivity contribution in [1.82, 2.24) is 14.7 Å². The van der Waals surface area contributed by atoms with Gasteiger partial charge < -0.3 is 4.90 Å². The Balaban J connectivity index is 1.83. The predicted octanol–water partition coefficient (Wildman–Crippen LogP) is 4.67. The molecule has 0 unspecified atom stereocenters. The van der Waals surface area contributed by atoms with Crippen LogP contribution in [-0.2, 0) is 11.2 Å². The van der Waals surface area contributed by atoms with Gasteiger partial charge in [0.05, 0.1) is 18.2 Å². The number of aromatic nitrogens is 2. The van der Waals surface area contributed by atoms with Crippen LogP contribution in [0.2, 0.25) is 0 Å². The Kier molecular flexibility index (Phi) is 5.77. The summed E-state index contributed by atoms with van der Waals surface area (Å²) in [5, 5.41) is 4.39. The molecule has 0 saturated carbocycles. The lowest BCUT2D eigenvalue weighted by Gasteiger charge is -2.25. The van der Waals surface area contributed by atoms with Crippen molar-refractivity contribution in [2.24, 2.45) is 0 Å². The largest absolute Gasteiger partial charge is 0.339 e. The zero-order chi connectivity index (χ0) is 21.3.